The molecular formula is C15H23ClFNO. The lowest BCUT2D eigenvalue weighted by atomic mass is 10.2. The van der Waals surface area contributed by atoms with Crippen molar-refractivity contribution in [3.8, 4) is 5.75 Å². The quantitative estimate of drug-likeness (QED) is 0.721. The average molecular weight is 288 g/mol. The van der Waals surface area contributed by atoms with E-state index in [0.717, 1.165) is 25.9 Å². The molecule has 0 radical (unpaired) electrons. The van der Waals surface area contributed by atoms with Gasteiger partial charge in [-0.15, -0.1) is 0 Å². The van der Waals surface area contributed by atoms with Crippen LogP contribution in [0, 0.1) is 11.7 Å². The van der Waals surface area contributed by atoms with Crippen molar-refractivity contribution in [1.82, 2.24) is 5.32 Å². The molecule has 108 valence electrons. The van der Waals surface area contributed by atoms with E-state index in [1.54, 1.807) is 12.1 Å². The van der Waals surface area contributed by atoms with Crippen molar-refractivity contribution < 1.29 is 9.13 Å². The van der Waals surface area contributed by atoms with Crippen LogP contribution in [0.2, 0.25) is 5.02 Å². The summed E-state index contributed by atoms with van der Waals surface area (Å²) in [6, 6.07) is 4.82. The van der Waals surface area contributed by atoms with Crippen LogP contribution >= 0.6 is 11.6 Å². The molecule has 19 heavy (non-hydrogen) atoms. The third kappa shape index (κ3) is 6.26. The second-order valence-electron chi connectivity index (χ2n) is 5.22. The predicted octanol–water partition coefficient (Wildman–Crippen LogP) is 4.27. The summed E-state index contributed by atoms with van der Waals surface area (Å²) in [6.45, 7) is 8.30. The van der Waals surface area contributed by atoms with E-state index in [4.69, 9.17) is 16.3 Å². The number of rotatable bonds is 8. The van der Waals surface area contributed by atoms with E-state index in [-0.39, 0.29) is 16.9 Å². The summed E-state index contributed by atoms with van der Waals surface area (Å²) in [5, 5.41) is 3.47. The Morgan fingerprint density at radius 3 is 2.74 bits per heavy atom. The van der Waals surface area contributed by atoms with E-state index in [1.807, 2.05) is 6.92 Å². The highest BCUT2D eigenvalue weighted by Crippen LogP contribution is 2.25. The van der Waals surface area contributed by atoms with Crippen LogP contribution in [0.1, 0.15) is 33.6 Å². The Bertz CT molecular complexity index is 384. The number of hydrogen-bond donors (Lipinski definition) is 1. The summed E-state index contributed by atoms with van der Waals surface area (Å²) in [5.41, 5.74) is 0. The molecule has 1 rings (SSSR count). The number of nitrogens with one attached hydrogen (secondary N) is 1. The first-order valence-corrected chi connectivity index (χ1v) is 7.20. The van der Waals surface area contributed by atoms with Gasteiger partial charge in [-0.05, 0) is 50.9 Å². The molecule has 4 heteroatoms. The molecule has 1 aromatic rings. The molecule has 0 bridgehead atoms. The minimum Gasteiger partial charge on any atom is -0.488 e. The normalized spacial score (nSPS) is 12.7. The zero-order valence-corrected chi connectivity index (χ0v) is 12.6. The van der Waals surface area contributed by atoms with Crippen molar-refractivity contribution in [3.63, 3.8) is 0 Å². The molecule has 0 aliphatic rings. The van der Waals surface area contributed by atoms with Crippen molar-refractivity contribution in [2.24, 2.45) is 5.92 Å². The van der Waals surface area contributed by atoms with E-state index in [9.17, 15) is 4.39 Å². The molecule has 0 spiro atoms. The van der Waals surface area contributed by atoms with Crippen LogP contribution in [0.5, 0.6) is 5.75 Å². The molecule has 0 saturated carbocycles. The van der Waals surface area contributed by atoms with Crippen molar-refractivity contribution in [2.75, 3.05) is 13.1 Å². The van der Waals surface area contributed by atoms with Gasteiger partial charge in [0.05, 0.1) is 11.1 Å². The van der Waals surface area contributed by atoms with Crippen LogP contribution < -0.4 is 10.1 Å². The highest BCUT2D eigenvalue weighted by molar-refractivity contribution is 6.30. The third-order valence-electron chi connectivity index (χ3n) is 2.76. The standard InChI is InChI=1S/C15H23ClFNO/c1-11(2)10-18-9-5-6-12(3)19-14-8-4-7-13(16)15(14)17/h4,7-8,11-12,18H,5-6,9-10H2,1-3H3. The molecule has 2 nitrogen and oxygen atoms in total. The Hall–Kier alpha value is -0.800. The van der Waals surface area contributed by atoms with Gasteiger partial charge in [0.25, 0.3) is 0 Å². The molecule has 0 aliphatic heterocycles. The molecule has 1 atom stereocenters. The average Bonchev–Trinajstić information content (AvgIpc) is 2.34. The first kappa shape index (κ1) is 16.3. The van der Waals surface area contributed by atoms with E-state index < -0.39 is 5.82 Å². The molecule has 1 N–H and O–H groups in total. The van der Waals surface area contributed by atoms with Gasteiger partial charge >= 0.3 is 0 Å². The lowest BCUT2D eigenvalue weighted by Crippen LogP contribution is -2.22. The van der Waals surface area contributed by atoms with Crippen LogP contribution in [0.4, 0.5) is 4.39 Å². The largest absolute Gasteiger partial charge is 0.488 e. The Morgan fingerprint density at radius 1 is 1.32 bits per heavy atom. The summed E-state index contributed by atoms with van der Waals surface area (Å²) >= 11 is 5.71. The van der Waals surface area contributed by atoms with Crippen LogP contribution in [0.25, 0.3) is 0 Å². The van der Waals surface area contributed by atoms with Crippen LogP contribution in [0.3, 0.4) is 0 Å². The van der Waals surface area contributed by atoms with Crippen LogP contribution in [-0.2, 0) is 0 Å². The fourth-order valence-corrected chi connectivity index (χ4v) is 1.92. The third-order valence-corrected chi connectivity index (χ3v) is 3.05. The second kappa shape index (κ2) is 8.39. The molecule has 0 aliphatic carbocycles. The van der Waals surface area contributed by atoms with Gasteiger partial charge < -0.3 is 10.1 Å². The van der Waals surface area contributed by atoms with Gasteiger partial charge in [-0.3, -0.25) is 0 Å². The van der Waals surface area contributed by atoms with Gasteiger partial charge in [0.1, 0.15) is 0 Å². The predicted molar refractivity (Wildman–Crippen MR) is 78.4 cm³/mol. The number of ether oxygens (including phenoxy) is 1. The Balaban J connectivity index is 2.27. The minimum absolute atomic E-state index is 0.0196. The summed E-state index contributed by atoms with van der Waals surface area (Å²) in [5.74, 6) is 0.415. The molecular weight excluding hydrogens is 265 g/mol. The highest BCUT2D eigenvalue weighted by Gasteiger charge is 2.10. The molecule has 1 aromatic carbocycles. The summed E-state index contributed by atoms with van der Waals surface area (Å²) in [6.07, 6.45) is 1.88. The van der Waals surface area contributed by atoms with Gasteiger partial charge in [0.15, 0.2) is 11.6 Å². The van der Waals surface area contributed by atoms with Gasteiger partial charge in [-0.25, -0.2) is 4.39 Å². The molecule has 0 heterocycles. The minimum atomic E-state index is -0.478. The van der Waals surface area contributed by atoms with Gasteiger partial charge in [-0.2, -0.15) is 0 Å². The topological polar surface area (TPSA) is 21.3 Å². The molecule has 0 aromatic heterocycles. The summed E-state index contributed by atoms with van der Waals surface area (Å²) in [4.78, 5) is 0. The smallest absolute Gasteiger partial charge is 0.183 e. The Morgan fingerprint density at radius 2 is 2.05 bits per heavy atom. The first-order chi connectivity index (χ1) is 9.00. The molecule has 0 amide bonds. The van der Waals surface area contributed by atoms with E-state index in [2.05, 4.69) is 19.2 Å². The summed E-state index contributed by atoms with van der Waals surface area (Å²) < 4.78 is 19.2. The molecule has 1 unspecified atom stereocenters. The SMILES string of the molecule is CC(C)CNCCCC(C)Oc1cccc(Cl)c1F. The second-order valence-corrected chi connectivity index (χ2v) is 5.63. The van der Waals surface area contributed by atoms with Gasteiger partial charge in [0.2, 0.25) is 0 Å². The maximum Gasteiger partial charge on any atom is 0.183 e. The van der Waals surface area contributed by atoms with E-state index in [1.165, 1.54) is 6.07 Å². The van der Waals surface area contributed by atoms with E-state index in [0.29, 0.717) is 5.92 Å². The van der Waals surface area contributed by atoms with Crippen molar-refractivity contribution >= 4 is 11.6 Å². The Kier molecular flexibility index (Phi) is 7.17. The number of benzene rings is 1. The highest BCUT2D eigenvalue weighted by atomic mass is 35.5. The van der Waals surface area contributed by atoms with Crippen molar-refractivity contribution in [1.29, 1.82) is 0 Å². The molecule has 0 fully saturated rings. The Labute approximate surface area is 120 Å². The van der Waals surface area contributed by atoms with Crippen molar-refractivity contribution in [3.05, 3.63) is 29.0 Å². The van der Waals surface area contributed by atoms with Crippen molar-refractivity contribution in [2.45, 2.75) is 39.7 Å². The lowest BCUT2D eigenvalue weighted by molar-refractivity contribution is 0.198. The number of hydrogen-bond acceptors (Lipinski definition) is 2. The fraction of sp³-hybridized carbons (Fsp3) is 0.600. The maximum atomic E-state index is 13.6. The van der Waals surface area contributed by atoms with E-state index >= 15 is 0 Å². The summed E-state index contributed by atoms with van der Waals surface area (Å²) in [7, 11) is 0. The fourth-order valence-electron chi connectivity index (χ4n) is 1.76. The zero-order valence-electron chi connectivity index (χ0n) is 11.9. The van der Waals surface area contributed by atoms with Gasteiger partial charge in [-0.1, -0.05) is 31.5 Å². The maximum absolute atomic E-state index is 13.6. The lowest BCUT2D eigenvalue weighted by Gasteiger charge is -2.16. The van der Waals surface area contributed by atoms with Crippen LogP contribution in [-0.4, -0.2) is 19.2 Å². The molecule has 0 saturated heterocycles. The zero-order chi connectivity index (χ0) is 14.3. The first-order valence-electron chi connectivity index (χ1n) is 6.82. The van der Waals surface area contributed by atoms with Crippen LogP contribution in [0.15, 0.2) is 18.2 Å². The number of halogens is 2. The van der Waals surface area contributed by atoms with Gasteiger partial charge in [0, 0.05) is 0 Å². The monoisotopic (exact) mass is 287 g/mol.